The highest BCUT2D eigenvalue weighted by Gasteiger charge is 2.21. The fraction of sp³-hybridized carbons (Fsp3) is 0.421. The minimum absolute atomic E-state index is 0.0267. The van der Waals surface area contributed by atoms with Crippen molar-refractivity contribution in [1.29, 1.82) is 0 Å². The van der Waals surface area contributed by atoms with Gasteiger partial charge < -0.3 is 20.1 Å². The Hall–Kier alpha value is -2.27. The Bertz CT molecular complexity index is 709. The van der Waals surface area contributed by atoms with Crippen LogP contribution >= 0.6 is 0 Å². The second kappa shape index (κ2) is 7.53. The Morgan fingerprint density at radius 2 is 1.92 bits per heavy atom. The van der Waals surface area contributed by atoms with E-state index in [0.29, 0.717) is 25.6 Å². The maximum atomic E-state index is 12.2. The number of hydrogen-bond acceptors (Lipinski definition) is 3. The number of hydrogen-bond donors (Lipinski definition) is 2. The number of carbonyl (C=O) groups excluding carboxylic acids is 1. The Balaban J connectivity index is 1.58. The number of nitrogens with one attached hydrogen (secondary N) is 1. The van der Waals surface area contributed by atoms with Crippen LogP contribution < -0.4 is 10.1 Å². The molecule has 0 spiro atoms. The lowest BCUT2D eigenvalue weighted by molar-refractivity contribution is 0.137. The Morgan fingerprint density at radius 1 is 1.21 bits per heavy atom. The topological polar surface area (TPSA) is 61.8 Å². The zero-order chi connectivity index (χ0) is 16.9. The van der Waals surface area contributed by atoms with Gasteiger partial charge >= 0.3 is 6.03 Å². The molecule has 2 aromatic rings. The lowest BCUT2D eigenvalue weighted by atomic mass is 9.98. The summed E-state index contributed by atoms with van der Waals surface area (Å²) in [5.41, 5.74) is 1.08. The predicted molar refractivity (Wildman–Crippen MR) is 94.1 cm³/mol. The third-order valence-corrected chi connectivity index (χ3v) is 4.72. The molecule has 2 amide bonds. The van der Waals surface area contributed by atoms with Crippen LogP contribution in [0.5, 0.6) is 5.75 Å². The Morgan fingerprint density at radius 3 is 2.62 bits per heavy atom. The summed E-state index contributed by atoms with van der Waals surface area (Å²) in [7, 11) is 1.66. The molecule has 128 valence electrons. The number of urea groups is 1. The van der Waals surface area contributed by atoms with Crippen LogP contribution in [-0.2, 0) is 6.54 Å². The Labute approximate surface area is 142 Å². The van der Waals surface area contributed by atoms with Crippen molar-refractivity contribution in [2.75, 3.05) is 26.8 Å². The first-order valence-electron chi connectivity index (χ1n) is 8.40. The number of aliphatic hydroxyl groups excluding tert-OH is 1. The molecule has 3 rings (SSSR count). The van der Waals surface area contributed by atoms with Gasteiger partial charge in [0.05, 0.1) is 7.11 Å². The number of amides is 2. The van der Waals surface area contributed by atoms with Crippen LogP contribution in [0.4, 0.5) is 4.79 Å². The third-order valence-electron chi connectivity index (χ3n) is 4.72. The Kier molecular flexibility index (Phi) is 5.20. The van der Waals surface area contributed by atoms with Crippen LogP contribution in [0.2, 0.25) is 0 Å². The van der Waals surface area contributed by atoms with Gasteiger partial charge in [0.25, 0.3) is 0 Å². The van der Waals surface area contributed by atoms with Gasteiger partial charge in [0, 0.05) is 26.2 Å². The average Bonchev–Trinajstić information content (AvgIpc) is 2.65. The molecule has 0 saturated carbocycles. The van der Waals surface area contributed by atoms with Crippen LogP contribution in [-0.4, -0.2) is 42.8 Å². The van der Waals surface area contributed by atoms with Crippen molar-refractivity contribution < 1.29 is 14.6 Å². The standard InChI is InChI=1S/C19H24N2O3/c1-24-18-5-4-16-10-15(2-3-17(16)11-18)12-20-19(23)21-8-6-14(13-22)7-9-21/h2-5,10-11,14,22H,6-9,12-13H2,1H3,(H,20,23). The molecule has 5 nitrogen and oxygen atoms in total. The summed E-state index contributed by atoms with van der Waals surface area (Å²) in [4.78, 5) is 14.1. The fourth-order valence-corrected chi connectivity index (χ4v) is 3.12. The third kappa shape index (κ3) is 3.79. The molecule has 2 aromatic carbocycles. The van der Waals surface area contributed by atoms with Crippen molar-refractivity contribution in [2.45, 2.75) is 19.4 Å². The number of nitrogens with zero attached hydrogens (tertiary/aromatic N) is 1. The molecule has 5 heteroatoms. The zero-order valence-electron chi connectivity index (χ0n) is 14.0. The van der Waals surface area contributed by atoms with Gasteiger partial charge in [0.15, 0.2) is 0 Å². The number of rotatable bonds is 4. The van der Waals surface area contributed by atoms with Gasteiger partial charge in [-0.15, -0.1) is 0 Å². The number of methoxy groups -OCH3 is 1. The van der Waals surface area contributed by atoms with E-state index in [2.05, 4.69) is 11.4 Å². The molecule has 0 aromatic heterocycles. The van der Waals surface area contributed by atoms with E-state index in [9.17, 15) is 4.79 Å². The fourth-order valence-electron chi connectivity index (χ4n) is 3.12. The molecule has 1 fully saturated rings. The lowest BCUT2D eigenvalue weighted by Gasteiger charge is -2.31. The van der Waals surface area contributed by atoms with Crippen LogP contribution in [0.25, 0.3) is 10.8 Å². The van der Waals surface area contributed by atoms with Crippen molar-refractivity contribution in [3.63, 3.8) is 0 Å². The van der Waals surface area contributed by atoms with Gasteiger partial charge in [-0.3, -0.25) is 0 Å². The van der Waals surface area contributed by atoms with Crippen molar-refractivity contribution in [1.82, 2.24) is 10.2 Å². The number of carbonyl (C=O) groups is 1. The summed E-state index contributed by atoms with van der Waals surface area (Å²) < 4.78 is 5.24. The summed E-state index contributed by atoms with van der Waals surface area (Å²) in [6.45, 7) is 2.17. The van der Waals surface area contributed by atoms with Gasteiger partial charge in [-0.25, -0.2) is 4.79 Å². The SMILES string of the molecule is COc1ccc2cc(CNC(=O)N3CCC(CO)CC3)ccc2c1. The summed E-state index contributed by atoms with van der Waals surface area (Å²) >= 11 is 0. The van der Waals surface area contributed by atoms with E-state index in [1.807, 2.05) is 35.2 Å². The summed E-state index contributed by atoms with van der Waals surface area (Å²) in [6, 6.07) is 12.1. The number of aliphatic hydroxyl groups is 1. The number of benzene rings is 2. The van der Waals surface area contributed by atoms with Crippen molar-refractivity contribution in [3.05, 3.63) is 42.0 Å². The molecule has 0 aliphatic carbocycles. The maximum absolute atomic E-state index is 12.2. The number of likely N-dealkylation sites (tertiary alicyclic amines) is 1. The van der Waals surface area contributed by atoms with Crippen LogP contribution in [0, 0.1) is 5.92 Å². The number of ether oxygens (including phenoxy) is 1. The molecule has 0 atom stereocenters. The normalized spacial score (nSPS) is 15.5. The van der Waals surface area contributed by atoms with E-state index in [1.165, 1.54) is 0 Å². The summed E-state index contributed by atoms with van der Waals surface area (Å²) in [6.07, 6.45) is 1.75. The molecule has 0 bridgehead atoms. The summed E-state index contributed by atoms with van der Waals surface area (Å²) in [5, 5.41) is 14.4. The van der Waals surface area contributed by atoms with Gasteiger partial charge in [-0.2, -0.15) is 0 Å². The second-order valence-corrected chi connectivity index (χ2v) is 6.32. The molecule has 0 radical (unpaired) electrons. The highest BCUT2D eigenvalue weighted by atomic mass is 16.5. The monoisotopic (exact) mass is 328 g/mol. The zero-order valence-corrected chi connectivity index (χ0v) is 14.0. The van der Waals surface area contributed by atoms with Gasteiger partial charge in [-0.05, 0) is 53.3 Å². The first-order valence-corrected chi connectivity index (χ1v) is 8.40. The van der Waals surface area contributed by atoms with E-state index < -0.39 is 0 Å². The smallest absolute Gasteiger partial charge is 0.317 e. The molecule has 2 N–H and O–H groups in total. The molecule has 24 heavy (non-hydrogen) atoms. The molecule has 1 saturated heterocycles. The van der Waals surface area contributed by atoms with Crippen LogP contribution in [0.1, 0.15) is 18.4 Å². The van der Waals surface area contributed by atoms with Crippen molar-refractivity contribution in [3.8, 4) is 5.75 Å². The van der Waals surface area contributed by atoms with Gasteiger partial charge in [0.1, 0.15) is 5.75 Å². The molecule has 1 aliphatic rings. The largest absolute Gasteiger partial charge is 0.497 e. The predicted octanol–water partition coefficient (Wildman–Crippen LogP) is 2.76. The van der Waals surface area contributed by atoms with Crippen molar-refractivity contribution >= 4 is 16.8 Å². The maximum Gasteiger partial charge on any atom is 0.317 e. The van der Waals surface area contributed by atoms with E-state index in [4.69, 9.17) is 9.84 Å². The molecular formula is C19H24N2O3. The van der Waals surface area contributed by atoms with Gasteiger partial charge in [0.2, 0.25) is 0 Å². The van der Waals surface area contributed by atoms with Gasteiger partial charge in [-0.1, -0.05) is 18.2 Å². The highest BCUT2D eigenvalue weighted by Crippen LogP contribution is 2.22. The minimum atomic E-state index is -0.0267. The molecule has 1 heterocycles. The van der Waals surface area contributed by atoms with E-state index in [0.717, 1.165) is 34.9 Å². The molecule has 0 unspecified atom stereocenters. The quantitative estimate of drug-likeness (QED) is 0.907. The number of piperidine rings is 1. The molecule has 1 aliphatic heterocycles. The van der Waals surface area contributed by atoms with E-state index >= 15 is 0 Å². The first-order chi connectivity index (χ1) is 11.7. The van der Waals surface area contributed by atoms with Crippen molar-refractivity contribution in [2.24, 2.45) is 5.92 Å². The van der Waals surface area contributed by atoms with Crippen LogP contribution in [0.3, 0.4) is 0 Å². The second-order valence-electron chi connectivity index (χ2n) is 6.32. The van der Waals surface area contributed by atoms with E-state index in [-0.39, 0.29) is 12.6 Å². The first kappa shape index (κ1) is 16.6. The lowest BCUT2D eigenvalue weighted by Crippen LogP contribution is -2.44. The van der Waals surface area contributed by atoms with E-state index in [1.54, 1.807) is 7.11 Å². The average molecular weight is 328 g/mol. The molecular weight excluding hydrogens is 304 g/mol. The minimum Gasteiger partial charge on any atom is -0.497 e. The summed E-state index contributed by atoms with van der Waals surface area (Å²) in [5.74, 6) is 1.18. The highest BCUT2D eigenvalue weighted by molar-refractivity contribution is 5.84. The number of fused-ring (bicyclic) bond motifs is 1. The van der Waals surface area contributed by atoms with Crippen LogP contribution in [0.15, 0.2) is 36.4 Å².